The first kappa shape index (κ1) is 29.2. The highest BCUT2D eigenvalue weighted by atomic mass is 16.6. The fourth-order valence-electron chi connectivity index (χ4n) is 3.15. The molecule has 0 spiro atoms. The quantitative estimate of drug-likeness (QED) is 0.131. The number of rotatable bonds is 12. The molecular formula is C19H31N3O12. The zero-order chi connectivity index (χ0) is 26.2. The third-order valence-electron chi connectivity index (χ3n) is 4.99. The van der Waals surface area contributed by atoms with Gasteiger partial charge in [-0.2, -0.15) is 0 Å². The molecule has 194 valence electrons. The molecule has 8 N–H and O–H groups in total. The van der Waals surface area contributed by atoms with Gasteiger partial charge in [-0.1, -0.05) is 0 Å². The van der Waals surface area contributed by atoms with Gasteiger partial charge < -0.3 is 51.0 Å². The maximum atomic E-state index is 12.5. The van der Waals surface area contributed by atoms with Crippen molar-refractivity contribution in [2.75, 3.05) is 6.61 Å². The first-order valence-corrected chi connectivity index (χ1v) is 10.4. The summed E-state index contributed by atoms with van der Waals surface area (Å²) in [5.74, 6) is -5.02. The van der Waals surface area contributed by atoms with Crippen LogP contribution in [0.25, 0.3) is 0 Å². The highest BCUT2D eigenvalue weighted by molar-refractivity contribution is 5.91. The highest BCUT2D eigenvalue weighted by Crippen LogP contribution is 2.23. The molecule has 1 rings (SSSR count). The monoisotopic (exact) mass is 493 g/mol. The van der Waals surface area contributed by atoms with Crippen molar-refractivity contribution in [3.8, 4) is 0 Å². The van der Waals surface area contributed by atoms with E-state index in [0.717, 1.165) is 6.92 Å². The van der Waals surface area contributed by atoms with Crippen molar-refractivity contribution >= 4 is 29.7 Å². The predicted molar refractivity (Wildman–Crippen MR) is 110 cm³/mol. The standard InChI is InChI=1S/C19H31N3O12/c1-7(16(28)22-10(18(30)31)4-5-12(25)26)20-17(29)8(2)33-15-13(21-9(3)24)19(32)34-11(6-23)14(15)27/h7-8,10-11,13-15,19,23,27,32H,4-6H2,1-3H3,(H,20,29)(H,21,24)(H,22,28)(H,25,26)(H,30,31)/t7?,8?,10?,11?,13-,14+,15?,19+/m0/s1. The van der Waals surface area contributed by atoms with E-state index in [4.69, 9.17) is 19.7 Å². The van der Waals surface area contributed by atoms with Crippen molar-refractivity contribution in [3.05, 3.63) is 0 Å². The number of carbonyl (C=O) groups excluding carboxylic acids is 3. The lowest BCUT2D eigenvalue weighted by atomic mass is 9.96. The Kier molecular flexibility index (Phi) is 11.3. The van der Waals surface area contributed by atoms with Gasteiger partial charge >= 0.3 is 11.9 Å². The van der Waals surface area contributed by atoms with Crippen molar-refractivity contribution < 1.29 is 59.0 Å². The van der Waals surface area contributed by atoms with Crippen LogP contribution in [-0.4, -0.2) is 111 Å². The molecule has 0 aromatic carbocycles. The van der Waals surface area contributed by atoms with Crippen LogP contribution in [0.5, 0.6) is 0 Å². The average Bonchev–Trinajstić information content (AvgIpc) is 2.74. The van der Waals surface area contributed by atoms with E-state index in [0.29, 0.717) is 0 Å². The van der Waals surface area contributed by atoms with Gasteiger partial charge in [0.15, 0.2) is 6.29 Å². The largest absolute Gasteiger partial charge is 0.481 e. The van der Waals surface area contributed by atoms with Crippen LogP contribution in [0.3, 0.4) is 0 Å². The van der Waals surface area contributed by atoms with Gasteiger partial charge in [-0.15, -0.1) is 0 Å². The van der Waals surface area contributed by atoms with Crippen LogP contribution < -0.4 is 16.0 Å². The van der Waals surface area contributed by atoms with E-state index in [1.807, 2.05) is 0 Å². The number of aliphatic hydroxyl groups is 3. The molecular weight excluding hydrogens is 462 g/mol. The molecule has 0 aliphatic carbocycles. The van der Waals surface area contributed by atoms with Crippen LogP contribution in [0.4, 0.5) is 0 Å². The van der Waals surface area contributed by atoms with Gasteiger partial charge in [-0.25, -0.2) is 4.79 Å². The zero-order valence-corrected chi connectivity index (χ0v) is 18.8. The average molecular weight is 493 g/mol. The molecule has 15 heteroatoms. The second-order valence-corrected chi connectivity index (χ2v) is 7.77. The fourth-order valence-corrected chi connectivity index (χ4v) is 3.15. The SMILES string of the molecule is CC(=O)N[C@H]1C(OC(C)C(=O)NC(C)C(=O)NC(CCC(=O)O)C(=O)O)[C@H](O)C(CO)O[C@H]1O. The Balaban J connectivity index is 2.80. The van der Waals surface area contributed by atoms with E-state index in [-0.39, 0.29) is 6.42 Å². The molecule has 34 heavy (non-hydrogen) atoms. The van der Waals surface area contributed by atoms with Crippen LogP contribution in [0.15, 0.2) is 0 Å². The number of amides is 3. The normalized spacial score (nSPS) is 27.1. The van der Waals surface area contributed by atoms with Crippen LogP contribution in [0, 0.1) is 0 Å². The molecule has 0 aromatic rings. The van der Waals surface area contributed by atoms with Crippen molar-refractivity contribution in [1.82, 2.24) is 16.0 Å². The predicted octanol–water partition coefficient (Wildman–Crippen LogP) is -3.73. The highest BCUT2D eigenvalue weighted by Gasteiger charge is 2.47. The third-order valence-corrected chi connectivity index (χ3v) is 4.99. The van der Waals surface area contributed by atoms with Crippen molar-refractivity contribution in [2.24, 2.45) is 0 Å². The van der Waals surface area contributed by atoms with E-state index >= 15 is 0 Å². The van der Waals surface area contributed by atoms with E-state index in [1.165, 1.54) is 13.8 Å². The molecule has 8 atom stereocenters. The number of hydrogen-bond acceptors (Lipinski definition) is 10. The van der Waals surface area contributed by atoms with Crippen LogP contribution >= 0.6 is 0 Å². The first-order chi connectivity index (χ1) is 15.8. The van der Waals surface area contributed by atoms with Gasteiger partial charge in [0.25, 0.3) is 0 Å². The Morgan fingerprint density at radius 3 is 2.15 bits per heavy atom. The summed E-state index contributed by atoms with van der Waals surface area (Å²) in [5.41, 5.74) is 0. The summed E-state index contributed by atoms with van der Waals surface area (Å²) in [6.45, 7) is 2.98. The summed E-state index contributed by atoms with van der Waals surface area (Å²) in [7, 11) is 0. The molecule has 0 radical (unpaired) electrons. The molecule has 1 aliphatic rings. The van der Waals surface area contributed by atoms with Gasteiger partial charge in [0.1, 0.15) is 42.5 Å². The number of ether oxygens (including phenoxy) is 2. The molecule has 1 saturated heterocycles. The second kappa shape index (κ2) is 13.1. The van der Waals surface area contributed by atoms with E-state index < -0.39 is 91.5 Å². The Hall–Kier alpha value is -2.85. The number of hydrogen-bond donors (Lipinski definition) is 8. The summed E-state index contributed by atoms with van der Waals surface area (Å²) in [5, 5.41) is 54.4. The van der Waals surface area contributed by atoms with Crippen LogP contribution in [0.2, 0.25) is 0 Å². The molecule has 0 aromatic heterocycles. The molecule has 1 heterocycles. The molecule has 3 amide bonds. The summed E-state index contributed by atoms with van der Waals surface area (Å²) in [6, 6.07) is -4.01. The number of carboxylic acids is 2. The van der Waals surface area contributed by atoms with Crippen LogP contribution in [0.1, 0.15) is 33.6 Å². The molecule has 15 nitrogen and oxygen atoms in total. The Bertz CT molecular complexity index is 763. The van der Waals surface area contributed by atoms with Crippen molar-refractivity contribution in [1.29, 1.82) is 0 Å². The minimum absolute atomic E-state index is 0.364. The third kappa shape index (κ3) is 8.49. The molecule has 0 saturated carbocycles. The summed E-state index contributed by atoms with van der Waals surface area (Å²) < 4.78 is 10.6. The lowest BCUT2D eigenvalue weighted by molar-refractivity contribution is -0.266. The number of carboxylic acid groups (broad SMARTS) is 2. The molecule has 1 aliphatic heterocycles. The maximum Gasteiger partial charge on any atom is 0.326 e. The Morgan fingerprint density at radius 2 is 1.65 bits per heavy atom. The van der Waals surface area contributed by atoms with E-state index in [9.17, 15) is 39.3 Å². The smallest absolute Gasteiger partial charge is 0.326 e. The van der Waals surface area contributed by atoms with E-state index in [2.05, 4.69) is 16.0 Å². The number of aliphatic carboxylic acids is 2. The van der Waals surface area contributed by atoms with Crippen molar-refractivity contribution in [2.45, 2.75) is 82.4 Å². The Labute approximate surface area is 194 Å². The second-order valence-electron chi connectivity index (χ2n) is 7.77. The van der Waals surface area contributed by atoms with E-state index in [1.54, 1.807) is 0 Å². The molecule has 1 fully saturated rings. The van der Waals surface area contributed by atoms with Crippen LogP contribution in [-0.2, 0) is 33.4 Å². The summed E-state index contributed by atoms with van der Waals surface area (Å²) >= 11 is 0. The van der Waals surface area contributed by atoms with Gasteiger partial charge in [-0.3, -0.25) is 19.2 Å². The molecule has 0 bridgehead atoms. The van der Waals surface area contributed by atoms with Gasteiger partial charge in [0.2, 0.25) is 17.7 Å². The fraction of sp³-hybridized carbons (Fsp3) is 0.737. The maximum absolute atomic E-state index is 12.5. The van der Waals surface area contributed by atoms with Gasteiger partial charge in [-0.05, 0) is 20.3 Å². The molecule has 5 unspecified atom stereocenters. The van der Waals surface area contributed by atoms with Gasteiger partial charge in [0.05, 0.1) is 6.61 Å². The zero-order valence-electron chi connectivity index (χ0n) is 18.8. The number of nitrogens with one attached hydrogen (secondary N) is 3. The summed E-state index contributed by atoms with van der Waals surface area (Å²) in [6.07, 6.45) is -8.02. The number of aliphatic hydroxyl groups excluding tert-OH is 3. The Morgan fingerprint density at radius 1 is 1.03 bits per heavy atom. The minimum Gasteiger partial charge on any atom is -0.481 e. The lowest BCUT2D eigenvalue weighted by Crippen LogP contribution is -2.65. The van der Waals surface area contributed by atoms with Crippen molar-refractivity contribution in [3.63, 3.8) is 0 Å². The topological polar surface area (TPSA) is 241 Å². The summed E-state index contributed by atoms with van der Waals surface area (Å²) in [4.78, 5) is 58.1. The lowest BCUT2D eigenvalue weighted by Gasteiger charge is -2.43. The number of carbonyl (C=O) groups is 5. The first-order valence-electron chi connectivity index (χ1n) is 10.4. The van der Waals surface area contributed by atoms with Gasteiger partial charge in [0, 0.05) is 13.3 Å². The minimum atomic E-state index is -1.66.